The number of anilines is 6. The number of aromatic nitrogens is 3. The van der Waals surface area contributed by atoms with Crippen LogP contribution in [0.4, 0.5) is 57.4 Å². The van der Waals surface area contributed by atoms with Crippen molar-refractivity contribution in [2.24, 2.45) is 20.5 Å². The van der Waals surface area contributed by atoms with Crippen molar-refractivity contribution in [1.82, 2.24) is 15.0 Å². The molecule has 6 rings (SSSR count). The molecule has 0 unspecified atom stereocenters. The van der Waals surface area contributed by atoms with Gasteiger partial charge in [0, 0.05) is 20.8 Å². The maximum absolute atomic E-state index is 13.1. The van der Waals surface area contributed by atoms with Crippen LogP contribution in [-0.4, -0.2) is 101 Å². The summed E-state index contributed by atoms with van der Waals surface area (Å²) in [5.41, 5.74) is 6.87. The maximum atomic E-state index is 13.1. The van der Waals surface area contributed by atoms with Crippen LogP contribution in [-0.2, 0) is 64.9 Å². The van der Waals surface area contributed by atoms with E-state index in [4.69, 9.17) is 39.2 Å². The summed E-state index contributed by atoms with van der Waals surface area (Å²) in [6.45, 7) is -0.990. The largest absolute Gasteiger partial charge is 0.397 e. The molecule has 6 aromatic rings. The molecule has 11 N–H and O–H groups in total. The third-order valence-electron chi connectivity index (χ3n) is 8.82. The van der Waals surface area contributed by atoms with Gasteiger partial charge in [0.25, 0.3) is 40.5 Å². The normalized spacial score (nSPS) is 13.1. The minimum Gasteiger partial charge on any atom is -0.396 e. The topological polar surface area (TPSA) is 479 Å². The van der Waals surface area contributed by atoms with Crippen molar-refractivity contribution >= 4 is 152 Å². The molecule has 1 heterocycles. The first-order valence-corrected chi connectivity index (χ1v) is 27.5. The van der Waals surface area contributed by atoms with Crippen LogP contribution in [0, 0.1) is 0 Å². The Bertz CT molecular complexity index is 3930. The number of nitrogens with zero attached hydrogens (tertiary/aromatic N) is 7. The molecule has 0 radical (unpaired) electrons. The summed E-state index contributed by atoms with van der Waals surface area (Å²) in [5.74, 6) is -1.85. The number of sulfone groups is 1. The molecule has 0 aliphatic heterocycles. The van der Waals surface area contributed by atoms with Crippen molar-refractivity contribution in [2.45, 2.75) is 24.5 Å². The lowest BCUT2D eigenvalue weighted by Gasteiger charge is -2.14. The molecule has 372 valence electrons. The van der Waals surface area contributed by atoms with Crippen molar-refractivity contribution in [3.8, 4) is 0 Å². The minimum absolute atomic E-state index is 0.0808. The Kier molecular flexibility index (Phi) is 14.8. The lowest BCUT2D eigenvalue weighted by atomic mass is 10.1. The van der Waals surface area contributed by atoms with Crippen LogP contribution in [0.5, 0.6) is 0 Å². The van der Waals surface area contributed by atoms with Gasteiger partial charge in [-0.05, 0) is 54.6 Å². The Morgan fingerprint density at radius 1 is 0.557 bits per heavy atom. The quantitative estimate of drug-likeness (QED) is 0.0314. The van der Waals surface area contributed by atoms with E-state index < -0.39 is 160 Å². The van der Waals surface area contributed by atoms with E-state index in [0.717, 1.165) is 42.7 Å². The van der Waals surface area contributed by atoms with E-state index in [2.05, 4.69) is 50.2 Å². The van der Waals surface area contributed by atoms with Gasteiger partial charge in [-0.2, -0.15) is 52.2 Å². The first-order chi connectivity index (χ1) is 32.2. The molecule has 0 fully saturated rings. The molecule has 0 aliphatic carbocycles. The number of nitrogens with two attached hydrogens (primary N) is 2. The number of halogens is 2. The standard InChI is InChI=1S/C33H27Cl2N11O18S6/c34-15-4-5-20(25(9-15)65(47,48)7-6-64-70(61,62)63)40-32-38-14-39-33(42-32)41-22-8-16(35)10-27(69(58,59)60)30(22)45-44-21-13-26(68(55,56)57)29(37)31(28(21)36)46-43-17-11-19-18(24(12-17)67(52,53)54)2-1-3-23(19)66(49,50)51/h1-5,8-14H,6-7,36-37H2,(H,49,50,51)(H,52,53,54)(H,55,56,57)(H,58,59,60)(H,61,62,63)(H2,38,39,40,41,42). The van der Waals surface area contributed by atoms with E-state index in [-0.39, 0.29) is 15.7 Å². The molecule has 0 aliphatic rings. The second-order valence-corrected chi connectivity index (χ2v) is 23.2. The maximum Gasteiger partial charge on any atom is 0.397 e. The van der Waals surface area contributed by atoms with Gasteiger partial charge in [0.2, 0.25) is 11.9 Å². The molecule has 1 aromatic heterocycles. The van der Waals surface area contributed by atoms with Gasteiger partial charge in [0.05, 0.1) is 45.7 Å². The Balaban J connectivity index is 1.43. The molecule has 70 heavy (non-hydrogen) atoms. The molecule has 29 nitrogen and oxygen atoms in total. The number of rotatable bonds is 17. The summed E-state index contributed by atoms with van der Waals surface area (Å²) in [6.07, 6.45) is 0.869. The van der Waals surface area contributed by atoms with Crippen molar-refractivity contribution in [3.05, 3.63) is 83.1 Å². The van der Waals surface area contributed by atoms with Crippen molar-refractivity contribution in [3.63, 3.8) is 0 Å². The fourth-order valence-electron chi connectivity index (χ4n) is 5.93. The van der Waals surface area contributed by atoms with Gasteiger partial charge < -0.3 is 22.1 Å². The average molecular weight is 1130 g/mol. The fraction of sp³-hybridized carbons (Fsp3) is 0.0606. The number of fused-ring (bicyclic) bond motifs is 1. The van der Waals surface area contributed by atoms with E-state index >= 15 is 0 Å². The molecule has 0 atom stereocenters. The van der Waals surface area contributed by atoms with Crippen LogP contribution in [0.2, 0.25) is 10.0 Å². The number of benzene rings is 5. The highest BCUT2D eigenvalue weighted by Gasteiger charge is 2.27. The molecule has 0 spiro atoms. The van der Waals surface area contributed by atoms with Crippen molar-refractivity contribution in [1.29, 1.82) is 0 Å². The van der Waals surface area contributed by atoms with Crippen LogP contribution in [0.15, 0.2) is 118 Å². The van der Waals surface area contributed by atoms with E-state index in [1.54, 1.807) is 0 Å². The Labute approximate surface area is 404 Å². The monoisotopic (exact) mass is 1130 g/mol. The minimum atomic E-state index is -5.33. The highest BCUT2D eigenvalue weighted by molar-refractivity contribution is 7.91. The number of nitrogen functional groups attached to an aromatic ring is 2. The van der Waals surface area contributed by atoms with Crippen molar-refractivity contribution < 1.29 is 77.5 Å². The van der Waals surface area contributed by atoms with Crippen LogP contribution < -0.4 is 22.1 Å². The lowest BCUT2D eigenvalue weighted by molar-refractivity contribution is 0.284. The van der Waals surface area contributed by atoms with Gasteiger partial charge in [-0.1, -0.05) is 35.3 Å². The molecule has 5 aromatic carbocycles. The lowest BCUT2D eigenvalue weighted by Crippen LogP contribution is -2.16. The third kappa shape index (κ3) is 12.6. The summed E-state index contributed by atoms with van der Waals surface area (Å²) in [6, 6.07) is 10.3. The van der Waals surface area contributed by atoms with Gasteiger partial charge in [-0.3, -0.25) is 22.8 Å². The van der Waals surface area contributed by atoms with Crippen LogP contribution >= 0.6 is 23.2 Å². The van der Waals surface area contributed by atoms with Gasteiger partial charge in [-0.25, -0.2) is 22.6 Å². The zero-order chi connectivity index (χ0) is 51.9. The summed E-state index contributed by atoms with van der Waals surface area (Å²) in [7, 11) is -30.2. The van der Waals surface area contributed by atoms with E-state index in [9.17, 15) is 68.7 Å². The second-order valence-electron chi connectivity index (χ2n) is 13.6. The van der Waals surface area contributed by atoms with Crippen LogP contribution in [0.25, 0.3) is 10.8 Å². The third-order valence-corrected chi connectivity index (χ3v) is 15.0. The molecule has 0 bridgehead atoms. The molecule has 0 saturated carbocycles. The summed E-state index contributed by atoms with van der Waals surface area (Å²) in [5, 5.41) is 18.9. The molecule has 0 saturated heterocycles. The first-order valence-electron chi connectivity index (χ1n) is 18.0. The Morgan fingerprint density at radius 2 is 1.14 bits per heavy atom. The highest BCUT2D eigenvalue weighted by atomic mass is 35.5. The Morgan fingerprint density at radius 3 is 1.74 bits per heavy atom. The highest BCUT2D eigenvalue weighted by Crippen LogP contribution is 2.45. The van der Waals surface area contributed by atoms with Gasteiger partial charge in [-0.15, -0.1) is 15.3 Å². The van der Waals surface area contributed by atoms with Crippen LogP contribution in [0.1, 0.15) is 0 Å². The molecule has 37 heteroatoms. The fourth-order valence-corrected chi connectivity index (χ4v) is 10.9. The predicted molar refractivity (Wildman–Crippen MR) is 246 cm³/mol. The van der Waals surface area contributed by atoms with Crippen LogP contribution in [0.3, 0.4) is 0 Å². The number of nitrogens with one attached hydrogen (secondary N) is 2. The second kappa shape index (κ2) is 19.5. The summed E-state index contributed by atoms with van der Waals surface area (Å²) < 4.78 is 200. The first kappa shape index (κ1) is 53.2. The SMILES string of the molecule is Nc1c(N=Nc2c(Nc3ncnc(Nc4ccc(Cl)cc4S(=O)(=O)CCOS(=O)(=O)O)n3)cc(Cl)cc2S(=O)(=O)O)cc(S(=O)(=O)O)c(N)c1N=Nc1cc(S(=O)(=O)O)c2cccc(S(=O)(=O)O)c2c1. The molecular formula is C33H27Cl2N11O18S6. The van der Waals surface area contributed by atoms with Gasteiger partial charge >= 0.3 is 10.4 Å². The predicted octanol–water partition coefficient (Wildman–Crippen LogP) is 5.39. The number of hydrogen-bond donors (Lipinski definition) is 9. The zero-order valence-electron chi connectivity index (χ0n) is 33.9. The molecule has 0 amide bonds. The van der Waals surface area contributed by atoms with Gasteiger partial charge in [0.15, 0.2) is 9.84 Å². The zero-order valence-corrected chi connectivity index (χ0v) is 40.3. The molecular weight excluding hydrogens is 1100 g/mol. The Hall–Kier alpha value is -6.19. The smallest absolute Gasteiger partial charge is 0.396 e. The average Bonchev–Trinajstić information content (AvgIpc) is 3.22. The number of azo groups is 2. The van der Waals surface area contributed by atoms with Gasteiger partial charge in [0.1, 0.15) is 43.0 Å². The van der Waals surface area contributed by atoms with E-state index in [0.29, 0.717) is 18.2 Å². The summed E-state index contributed by atoms with van der Waals surface area (Å²) in [4.78, 5) is 7.38. The number of hydrogen-bond acceptors (Lipinski definition) is 24. The van der Waals surface area contributed by atoms with Crippen molar-refractivity contribution in [2.75, 3.05) is 34.5 Å². The van der Waals surface area contributed by atoms with E-state index in [1.807, 2.05) is 0 Å². The van der Waals surface area contributed by atoms with E-state index in [1.165, 1.54) is 12.1 Å². The summed E-state index contributed by atoms with van der Waals surface area (Å²) >= 11 is 12.2.